The van der Waals surface area contributed by atoms with Crippen LogP contribution in [0.4, 0.5) is 4.39 Å². The lowest BCUT2D eigenvalue weighted by Crippen LogP contribution is -2.29. The van der Waals surface area contributed by atoms with Gasteiger partial charge in [-0.1, -0.05) is 25.7 Å². The Morgan fingerprint density at radius 1 is 1.29 bits per heavy atom. The number of benzene rings is 1. The molecule has 1 aliphatic rings. The van der Waals surface area contributed by atoms with E-state index in [0.29, 0.717) is 24.0 Å². The molecular formula is C18H22ClFO. The van der Waals surface area contributed by atoms with Crippen LogP contribution in [-0.2, 0) is 0 Å². The van der Waals surface area contributed by atoms with E-state index in [4.69, 9.17) is 16.3 Å². The Balaban J connectivity index is 2.11. The van der Waals surface area contributed by atoms with Crippen LogP contribution in [0.5, 0.6) is 5.75 Å². The predicted octanol–water partition coefficient (Wildman–Crippen LogP) is 5.01. The normalized spacial score (nSPS) is 25.0. The van der Waals surface area contributed by atoms with E-state index in [1.165, 1.54) is 12.1 Å². The minimum absolute atomic E-state index is 0.159. The highest BCUT2D eigenvalue weighted by Gasteiger charge is 2.26. The van der Waals surface area contributed by atoms with Crippen molar-refractivity contribution in [2.75, 3.05) is 5.88 Å². The van der Waals surface area contributed by atoms with Gasteiger partial charge in [-0.3, -0.25) is 0 Å². The van der Waals surface area contributed by atoms with Gasteiger partial charge in [0, 0.05) is 18.4 Å². The summed E-state index contributed by atoms with van der Waals surface area (Å²) in [6.45, 7) is 4.54. The van der Waals surface area contributed by atoms with Crippen molar-refractivity contribution < 1.29 is 9.13 Å². The molecule has 1 aliphatic carbocycles. The predicted molar refractivity (Wildman–Crippen MR) is 85.2 cm³/mol. The number of ether oxygens (including phenoxy) is 1. The van der Waals surface area contributed by atoms with Gasteiger partial charge in [0.05, 0.1) is 11.7 Å². The first-order valence-corrected chi connectivity index (χ1v) is 8.14. The van der Waals surface area contributed by atoms with Crippen LogP contribution < -0.4 is 4.74 Å². The van der Waals surface area contributed by atoms with E-state index in [2.05, 4.69) is 25.7 Å². The van der Waals surface area contributed by atoms with E-state index >= 15 is 0 Å². The van der Waals surface area contributed by atoms with E-state index in [0.717, 1.165) is 30.7 Å². The highest BCUT2D eigenvalue weighted by molar-refractivity contribution is 6.18. The van der Waals surface area contributed by atoms with Gasteiger partial charge in [0.15, 0.2) is 0 Å². The molecule has 0 aromatic heterocycles. The second-order valence-corrected chi connectivity index (χ2v) is 6.27. The second-order valence-electron chi connectivity index (χ2n) is 5.89. The zero-order valence-electron chi connectivity index (χ0n) is 12.7. The minimum atomic E-state index is -0.287. The number of hydrogen-bond donors (Lipinski definition) is 0. The molecule has 0 heterocycles. The molecule has 0 bridgehead atoms. The summed E-state index contributed by atoms with van der Waals surface area (Å²) in [4.78, 5) is 0. The lowest BCUT2D eigenvalue weighted by Gasteiger charge is -2.32. The van der Waals surface area contributed by atoms with Crippen molar-refractivity contribution in [2.45, 2.75) is 45.6 Å². The van der Waals surface area contributed by atoms with Crippen molar-refractivity contribution in [3.63, 3.8) is 0 Å². The number of rotatable bonds is 3. The number of halogens is 2. The summed E-state index contributed by atoms with van der Waals surface area (Å²) in [5.74, 6) is 8.16. The zero-order chi connectivity index (χ0) is 15.2. The highest BCUT2D eigenvalue weighted by atomic mass is 35.5. The van der Waals surface area contributed by atoms with E-state index in [-0.39, 0.29) is 11.9 Å². The van der Waals surface area contributed by atoms with Crippen molar-refractivity contribution in [3.05, 3.63) is 29.6 Å². The van der Waals surface area contributed by atoms with Gasteiger partial charge in [-0.05, 0) is 43.2 Å². The fourth-order valence-electron chi connectivity index (χ4n) is 2.69. The van der Waals surface area contributed by atoms with Gasteiger partial charge in [0.2, 0.25) is 0 Å². The lowest BCUT2D eigenvalue weighted by atomic mass is 9.80. The zero-order valence-corrected chi connectivity index (χ0v) is 13.4. The maximum Gasteiger partial charge on any atom is 0.138 e. The van der Waals surface area contributed by atoms with Crippen LogP contribution in [0.1, 0.15) is 45.1 Å². The van der Waals surface area contributed by atoms with E-state index < -0.39 is 0 Å². The molecule has 1 saturated carbocycles. The maximum atomic E-state index is 13.5. The van der Waals surface area contributed by atoms with Gasteiger partial charge < -0.3 is 4.74 Å². The molecule has 3 unspecified atom stereocenters. The lowest BCUT2D eigenvalue weighted by molar-refractivity contribution is 0.100. The Hall–Kier alpha value is -1.20. The van der Waals surface area contributed by atoms with Crippen molar-refractivity contribution in [1.82, 2.24) is 0 Å². The van der Waals surface area contributed by atoms with Crippen LogP contribution in [0.3, 0.4) is 0 Å². The average Bonchev–Trinajstić information content (AvgIpc) is 2.45. The van der Waals surface area contributed by atoms with Crippen LogP contribution in [0, 0.1) is 29.5 Å². The summed E-state index contributed by atoms with van der Waals surface area (Å²) in [6.07, 6.45) is 3.99. The molecule has 1 fully saturated rings. The van der Waals surface area contributed by atoms with Crippen molar-refractivity contribution >= 4 is 11.6 Å². The Morgan fingerprint density at radius 2 is 2.10 bits per heavy atom. The SMILES string of the molecule is CC1CCC(Oc2cc(F)ccc2C#CCCCl)CC1C. The molecule has 114 valence electrons. The molecule has 1 nitrogen and oxygen atoms in total. The van der Waals surface area contributed by atoms with E-state index in [1.54, 1.807) is 6.07 Å². The third kappa shape index (κ3) is 4.64. The Labute approximate surface area is 131 Å². The molecule has 3 atom stereocenters. The molecule has 0 N–H and O–H groups in total. The third-order valence-electron chi connectivity index (χ3n) is 4.23. The fraction of sp³-hybridized carbons (Fsp3) is 0.556. The average molecular weight is 309 g/mol. The van der Waals surface area contributed by atoms with Gasteiger partial charge in [-0.15, -0.1) is 11.6 Å². The third-order valence-corrected chi connectivity index (χ3v) is 4.42. The molecule has 2 rings (SSSR count). The Bertz CT molecular complexity index is 532. The number of alkyl halides is 1. The smallest absolute Gasteiger partial charge is 0.138 e. The fourth-order valence-corrected chi connectivity index (χ4v) is 2.78. The summed E-state index contributed by atoms with van der Waals surface area (Å²) >= 11 is 5.62. The number of hydrogen-bond acceptors (Lipinski definition) is 1. The monoisotopic (exact) mass is 308 g/mol. The first-order valence-electron chi connectivity index (χ1n) is 7.61. The summed E-state index contributed by atoms with van der Waals surface area (Å²) in [7, 11) is 0. The summed E-state index contributed by atoms with van der Waals surface area (Å²) in [5.41, 5.74) is 0.743. The standard InChI is InChI=1S/C18H22ClFO/c1-13-6-9-17(11-14(13)2)21-18-12-16(20)8-7-15(18)5-3-4-10-19/h7-8,12-14,17H,4,6,9-11H2,1-2H3. The van der Waals surface area contributed by atoms with Gasteiger partial charge in [-0.2, -0.15) is 0 Å². The van der Waals surface area contributed by atoms with Crippen LogP contribution in [0.2, 0.25) is 0 Å². The molecule has 0 spiro atoms. The van der Waals surface area contributed by atoms with E-state index in [9.17, 15) is 4.39 Å². The second kappa shape index (κ2) is 7.71. The molecule has 1 aromatic carbocycles. The molecule has 0 aliphatic heterocycles. The first kappa shape index (κ1) is 16.2. The maximum absolute atomic E-state index is 13.5. The molecular weight excluding hydrogens is 287 g/mol. The van der Waals surface area contributed by atoms with Gasteiger partial charge in [0.1, 0.15) is 11.6 Å². The van der Waals surface area contributed by atoms with E-state index in [1.807, 2.05) is 0 Å². The summed E-state index contributed by atoms with van der Waals surface area (Å²) in [5, 5.41) is 0. The van der Waals surface area contributed by atoms with Crippen LogP contribution in [-0.4, -0.2) is 12.0 Å². The highest BCUT2D eigenvalue weighted by Crippen LogP contribution is 2.32. The van der Waals surface area contributed by atoms with Crippen molar-refractivity contribution in [2.24, 2.45) is 11.8 Å². The summed E-state index contributed by atoms with van der Waals surface area (Å²) in [6, 6.07) is 4.54. The van der Waals surface area contributed by atoms with Crippen LogP contribution in [0.15, 0.2) is 18.2 Å². The van der Waals surface area contributed by atoms with Crippen molar-refractivity contribution in [3.8, 4) is 17.6 Å². The van der Waals surface area contributed by atoms with Gasteiger partial charge in [-0.25, -0.2) is 4.39 Å². The van der Waals surface area contributed by atoms with Crippen LogP contribution >= 0.6 is 11.6 Å². The molecule has 21 heavy (non-hydrogen) atoms. The molecule has 3 heteroatoms. The van der Waals surface area contributed by atoms with Gasteiger partial charge >= 0.3 is 0 Å². The first-order chi connectivity index (χ1) is 10.1. The molecule has 1 aromatic rings. The van der Waals surface area contributed by atoms with Crippen molar-refractivity contribution in [1.29, 1.82) is 0 Å². The Kier molecular flexibility index (Phi) is 5.94. The largest absolute Gasteiger partial charge is 0.489 e. The molecule has 0 radical (unpaired) electrons. The van der Waals surface area contributed by atoms with Gasteiger partial charge in [0.25, 0.3) is 0 Å². The topological polar surface area (TPSA) is 9.23 Å². The molecule has 0 amide bonds. The van der Waals surface area contributed by atoms with Crippen LogP contribution in [0.25, 0.3) is 0 Å². The molecule has 0 saturated heterocycles. The quantitative estimate of drug-likeness (QED) is 0.563. The minimum Gasteiger partial charge on any atom is -0.489 e. The Morgan fingerprint density at radius 3 is 2.81 bits per heavy atom. The summed E-state index contributed by atoms with van der Waals surface area (Å²) < 4.78 is 19.5.